The molecule has 0 aliphatic heterocycles. The van der Waals surface area contributed by atoms with Crippen LogP contribution >= 0.6 is 0 Å². The molecule has 0 radical (unpaired) electrons. The standard InChI is InChI=1S/C15H22N2/c1-2-9-17-14(3-1)8-10-16-11-15(12-4-5-12)13-6-7-13/h1-3,9,12-13,15-16H,4-8,10-11H2. The van der Waals surface area contributed by atoms with Crippen molar-refractivity contribution in [2.45, 2.75) is 32.1 Å². The number of nitrogens with zero attached hydrogens (tertiary/aromatic N) is 1. The lowest BCUT2D eigenvalue weighted by atomic mass is 9.98. The molecule has 0 atom stereocenters. The van der Waals surface area contributed by atoms with E-state index in [1.807, 2.05) is 12.3 Å². The first kappa shape index (κ1) is 11.2. The molecule has 0 spiro atoms. The smallest absolute Gasteiger partial charge is 0.0416 e. The molecule has 2 aliphatic rings. The zero-order valence-corrected chi connectivity index (χ0v) is 10.4. The summed E-state index contributed by atoms with van der Waals surface area (Å²) in [7, 11) is 0. The van der Waals surface area contributed by atoms with E-state index in [2.05, 4.69) is 22.4 Å². The summed E-state index contributed by atoms with van der Waals surface area (Å²) in [4.78, 5) is 4.35. The fourth-order valence-electron chi connectivity index (χ4n) is 2.80. The van der Waals surface area contributed by atoms with Crippen molar-refractivity contribution < 1.29 is 0 Å². The highest BCUT2D eigenvalue weighted by Crippen LogP contribution is 2.48. The monoisotopic (exact) mass is 230 g/mol. The maximum atomic E-state index is 4.35. The van der Waals surface area contributed by atoms with Gasteiger partial charge >= 0.3 is 0 Å². The first-order valence-corrected chi connectivity index (χ1v) is 7.04. The Morgan fingerprint density at radius 1 is 1.18 bits per heavy atom. The molecule has 92 valence electrons. The maximum absolute atomic E-state index is 4.35. The van der Waals surface area contributed by atoms with E-state index in [0.717, 1.165) is 30.7 Å². The molecular weight excluding hydrogens is 208 g/mol. The third-order valence-corrected chi connectivity index (χ3v) is 4.12. The topological polar surface area (TPSA) is 24.9 Å². The van der Waals surface area contributed by atoms with Crippen LogP contribution in [-0.2, 0) is 6.42 Å². The number of pyridine rings is 1. The normalized spacial score (nSPS) is 19.8. The van der Waals surface area contributed by atoms with Crippen molar-refractivity contribution in [3.05, 3.63) is 30.1 Å². The SMILES string of the molecule is c1ccc(CCNCC(C2CC2)C2CC2)nc1. The average molecular weight is 230 g/mol. The molecule has 2 fully saturated rings. The zero-order chi connectivity index (χ0) is 11.5. The summed E-state index contributed by atoms with van der Waals surface area (Å²) >= 11 is 0. The Labute approximate surface area is 104 Å². The van der Waals surface area contributed by atoms with Crippen molar-refractivity contribution in [3.63, 3.8) is 0 Å². The van der Waals surface area contributed by atoms with Crippen LogP contribution in [0.25, 0.3) is 0 Å². The molecule has 3 rings (SSSR count). The van der Waals surface area contributed by atoms with Crippen LogP contribution in [0.1, 0.15) is 31.4 Å². The fourth-order valence-corrected chi connectivity index (χ4v) is 2.80. The predicted octanol–water partition coefficient (Wildman–Crippen LogP) is 2.65. The molecule has 0 aromatic carbocycles. The summed E-state index contributed by atoms with van der Waals surface area (Å²) in [5.41, 5.74) is 1.20. The largest absolute Gasteiger partial charge is 0.316 e. The lowest BCUT2D eigenvalue weighted by Crippen LogP contribution is -2.27. The van der Waals surface area contributed by atoms with Crippen LogP contribution in [-0.4, -0.2) is 18.1 Å². The second-order valence-electron chi connectivity index (χ2n) is 5.61. The summed E-state index contributed by atoms with van der Waals surface area (Å²) < 4.78 is 0. The molecule has 2 nitrogen and oxygen atoms in total. The van der Waals surface area contributed by atoms with E-state index in [4.69, 9.17) is 0 Å². The van der Waals surface area contributed by atoms with Crippen LogP contribution in [0, 0.1) is 17.8 Å². The summed E-state index contributed by atoms with van der Waals surface area (Å²) in [6, 6.07) is 6.16. The second-order valence-corrected chi connectivity index (χ2v) is 5.61. The Bertz CT molecular complexity index is 329. The number of nitrogens with one attached hydrogen (secondary N) is 1. The van der Waals surface area contributed by atoms with Crippen molar-refractivity contribution in [2.24, 2.45) is 17.8 Å². The molecule has 17 heavy (non-hydrogen) atoms. The molecule has 1 aromatic heterocycles. The van der Waals surface area contributed by atoms with Gasteiger partial charge in [0.1, 0.15) is 0 Å². The first-order chi connectivity index (χ1) is 8.43. The lowest BCUT2D eigenvalue weighted by molar-refractivity contribution is 0.380. The molecule has 0 saturated heterocycles. The van der Waals surface area contributed by atoms with Crippen LogP contribution < -0.4 is 5.32 Å². The Kier molecular flexibility index (Phi) is 3.41. The molecule has 0 amide bonds. The number of aromatic nitrogens is 1. The van der Waals surface area contributed by atoms with Gasteiger partial charge in [0, 0.05) is 24.9 Å². The van der Waals surface area contributed by atoms with Crippen LogP contribution in [0.2, 0.25) is 0 Å². The number of rotatable bonds is 7. The molecule has 2 heteroatoms. The fraction of sp³-hybridized carbons (Fsp3) is 0.667. The average Bonchev–Trinajstić information content (AvgIpc) is 3.24. The Morgan fingerprint density at radius 2 is 1.94 bits per heavy atom. The van der Waals surface area contributed by atoms with Crippen molar-refractivity contribution in [3.8, 4) is 0 Å². The molecule has 1 aromatic rings. The molecular formula is C15H22N2. The van der Waals surface area contributed by atoms with E-state index >= 15 is 0 Å². The third-order valence-electron chi connectivity index (χ3n) is 4.12. The van der Waals surface area contributed by atoms with Crippen molar-refractivity contribution >= 4 is 0 Å². The van der Waals surface area contributed by atoms with Crippen molar-refractivity contribution in [1.82, 2.24) is 10.3 Å². The van der Waals surface area contributed by atoms with Gasteiger partial charge < -0.3 is 5.32 Å². The van der Waals surface area contributed by atoms with Gasteiger partial charge in [-0.15, -0.1) is 0 Å². The molecule has 1 N–H and O–H groups in total. The van der Waals surface area contributed by atoms with Gasteiger partial charge in [0.25, 0.3) is 0 Å². The molecule has 2 saturated carbocycles. The summed E-state index contributed by atoms with van der Waals surface area (Å²) in [6.45, 7) is 2.31. The van der Waals surface area contributed by atoms with Crippen LogP contribution in [0.3, 0.4) is 0 Å². The van der Waals surface area contributed by atoms with Gasteiger partial charge in [-0.3, -0.25) is 4.98 Å². The Hall–Kier alpha value is -0.890. The number of hydrogen-bond acceptors (Lipinski definition) is 2. The highest BCUT2D eigenvalue weighted by atomic mass is 14.9. The summed E-state index contributed by atoms with van der Waals surface area (Å²) in [5.74, 6) is 3.11. The van der Waals surface area contributed by atoms with Crippen LogP contribution in [0.15, 0.2) is 24.4 Å². The minimum absolute atomic E-state index is 0.985. The Morgan fingerprint density at radius 3 is 2.53 bits per heavy atom. The van der Waals surface area contributed by atoms with Gasteiger partial charge in [0.05, 0.1) is 0 Å². The van der Waals surface area contributed by atoms with E-state index in [1.165, 1.54) is 37.9 Å². The highest BCUT2D eigenvalue weighted by molar-refractivity contribution is 5.03. The first-order valence-electron chi connectivity index (χ1n) is 7.04. The zero-order valence-electron chi connectivity index (χ0n) is 10.4. The molecule has 0 bridgehead atoms. The van der Waals surface area contributed by atoms with Gasteiger partial charge in [-0.1, -0.05) is 6.07 Å². The van der Waals surface area contributed by atoms with E-state index in [0.29, 0.717) is 0 Å². The van der Waals surface area contributed by atoms with Crippen molar-refractivity contribution in [2.75, 3.05) is 13.1 Å². The van der Waals surface area contributed by atoms with Crippen LogP contribution in [0.4, 0.5) is 0 Å². The van der Waals surface area contributed by atoms with Gasteiger partial charge in [-0.05, 0) is 62.1 Å². The quantitative estimate of drug-likeness (QED) is 0.728. The third kappa shape index (κ3) is 3.29. The minimum atomic E-state index is 0.985. The van der Waals surface area contributed by atoms with E-state index in [1.54, 1.807) is 0 Å². The molecule has 1 heterocycles. The van der Waals surface area contributed by atoms with E-state index in [9.17, 15) is 0 Å². The van der Waals surface area contributed by atoms with Gasteiger partial charge in [-0.2, -0.15) is 0 Å². The second kappa shape index (κ2) is 5.18. The van der Waals surface area contributed by atoms with E-state index in [-0.39, 0.29) is 0 Å². The highest BCUT2D eigenvalue weighted by Gasteiger charge is 2.40. The minimum Gasteiger partial charge on any atom is -0.316 e. The predicted molar refractivity (Wildman–Crippen MR) is 69.7 cm³/mol. The summed E-state index contributed by atoms with van der Waals surface area (Å²) in [5, 5.41) is 3.64. The molecule has 0 unspecified atom stereocenters. The van der Waals surface area contributed by atoms with Gasteiger partial charge in [-0.25, -0.2) is 0 Å². The Balaban J connectivity index is 1.37. The van der Waals surface area contributed by atoms with Gasteiger partial charge in [0.15, 0.2) is 0 Å². The van der Waals surface area contributed by atoms with E-state index < -0.39 is 0 Å². The molecule has 2 aliphatic carbocycles. The van der Waals surface area contributed by atoms with Gasteiger partial charge in [0.2, 0.25) is 0 Å². The lowest BCUT2D eigenvalue weighted by Gasteiger charge is -2.16. The van der Waals surface area contributed by atoms with Crippen molar-refractivity contribution in [1.29, 1.82) is 0 Å². The maximum Gasteiger partial charge on any atom is 0.0416 e. The summed E-state index contributed by atoms with van der Waals surface area (Å²) in [6.07, 6.45) is 8.90. The van der Waals surface area contributed by atoms with Crippen LogP contribution in [0.5, 0.6) is 0 Å². The number of hydrogen-bond donors (Lipinski definition) is 1.